The number of halogens is 1. The molecule has 0 spiro atoms. The Bertz CT molecular complexity index is 581. The van der Waals surface area contributed by atoms with Gasteiger partial charge in [-0.15, -0.1) is 11.3 Å². The van der Waals surface area contributed by atoms with Gasteiger partial charge >= 0.3 is 0 Å². The van der Waals surface area contributed by atoms with E-state index in [9.17, 15) is 0 Å². The second-order valence-corrected chi connectivity index (χ2v) is 6.81. The van der Waals surface area contributed by atoms with Gasteiger partial charge in [-0.05, 0) is 31.2 Å². The van der Waals surface area contributed by atoms with Crippen molar-refractivity contribution in [3.05, 3.63) is 50.1 Å². The molecule has 0 aliphatic carbocycles. The summed E-state index contributed by atoms with van der Waals surface area (Å²) >= 11 is 5.26. The molecule has 0 amide bonds. The molecule has 0 bridgehead atoms. The SMILES string of the molecule is Cc1ccc(C2C[C@@H](N)c3ccc(Br)cc3O2)s1. The van der Waals surface area contributed by atoms with Crippen LogP contribution in [0.25, 0.3) is 0 Å². The Kier molecular flexibility index (Phi) is 3.18. The van der Waals surface area contributed by atoms with Gasteiger partial charge in [0.25, 0.3) is 0 Å². The lowest BCUT2D eigenvalue weighted by molar-refractivity contribution is 0.165. The van der Waals surface area contributed by atoms with Gasteiger partial charge in [0.05, 0.1) is 0 Å². The fourth-order valence-electron chi connectivity index (χ4n) is 2.28. The van der Waals surface area contributed by atoms with Gasteiger partial charge in [0.15, 0.2) is 0 Å². The Morgan fingerprint density at radius 1 is 1.33 bits per heavy atom. The second-order valence-electron chi connectivity index (χ2n) is 4.58. The lowest BCUT2D eigenvalue weighted by Crippen LogP contribution is -2.23. The van der Waals surface area contributed by atoms with Crippen LogP contribution in [-0.2, 0) is 0 Å². The summed E-state index contributed by atoms with van der Waals surface area (Å²) in [5, 5.41) is 0. The van der Waals surface area contributed by atoms with Crippen molar-refractivity contribution >= 4 is 27.3 Å². The molecule has 2 nitrogen and oxygen atoms in total. The quantitative estimate of drug-likeness (QED) is 0.847. The number of hydrogen-bond acceptors (Lipinski definition) is 3. The van der Waals surface area contributed by atoms with Gasteiger partial charge in [-0.2, -0.15) is 0 Å². The average Bonchev–Trinajstić information content (AvgIpc) is 2.75. The molecular formula is C14H14BrNOS. The molecule has 2 heterocycles. The summed E-state index contributed by atoms with van der Waals surface area (Å²) in [6.07, 6.45) is 0.926. The molecule has 1 aliphatic rings. The Morgan fingerprint density at radius 2 is 2.17 bits per heavy atom. The van der Waals surface area contributed by atoms with Crippen LogP contribution in [0.3, 0.4) is 0 Å². The van der Waals surface area contributed by atoms with E-state index in [-0.39, 0.29) is 12.1 Å². The standard InChI is InChI=1S/C14H14BrNOS/c1-8-2-5-14(18-8)13-7-11(16)10-4-3-9(15)6-12(10)17-13/h2-6,11,13H,7,16H2,1H3/t11-,13?/m1/s1. The molecule has 0 fully saturated rings. The first-order valence-electron chi connectivity index (χ1n) is 5.91. The summed E-state index contributed by atoms with van der Waals surface area (Å²) in [4.78, 5) is 2.57. The van der Waals surface area contributed by atoms with Crippen molar-refractivity contribution in [3.8, 4) is 5.75 Å². The summed E-state index contributed by atoms with van der Waals surface area (Å²) in [6.45, 7) is 2.11. The van der Waals surface area contributed by atoms with Crippen LogP contribution < -0.4 is 10.5 Å². The van der Waals surface area contributed by atoms with Crippen molar-refractivity contribution in [2.24, 2.45) is 5.73 Å². The van der Waals surface area contributed by atoms with Crippen LogP contribution in [0.5, 0.6) is 5.75 Å². The van der Waals surface area contributed by atoms with E-state index in [1.165, 1.54) is 9.75 Å². The summed E-state index contributed by atoms with van der Waals surface area (Å²) in [6, 6.07) is 10.4. The van der Waals surface area contributed by atoms with Crippen LogP contribution in [0.2, 0.25) is 0 Å². The number of thiophene rings is 1. The highest BCUT2D eigenvalue weighted by molar-refractivity contribution is 9.10. The molecule has 2 N–H and O–H groups in total. The third kappa shape index (κ3) is 2.20. The topological polar surface area (TPSA) is 35.2 Å². The summed E-state index contributed by atoms with van der Waals surface area (Å²) in [7, 11) is 0. The maximum absolute atomic E-state index is 6.24. The average molecular weight is 324 g/mol. The molecule has 0 saturated carbocycles. The second kappa shape index (κ2) is 4.68. The van der Waals surface area contributed by atoms with Crippen molar-refractivity contribution in [1.82, 2.24) is 0 Å². The molecular weight excluding hydrogens is 310 g/mol. The molecule has 1 aromatic carbocycles. The summed E-state index contributed by atoms with van der Waals surface area (Å²) < 4.78 is 7.11. The molecule has 0 radical (unpaired) electrons. The lowest BCUT2D eigenvalue weighted by Gasteiger charge is -2.29. The van der Waals surface area contributed by atoms with Gasteiger partial charge in [0.2, 0.25) is 0 Å². The first-order valence-corrected chi connectivity index (χ1v) is 7.52. The maximum atomic E-state index is 6.24. The fourth-order valence-corrected chi connectivity index (χ4v) is 3.54. The molecule has 94 valence electrons. The molecule has 1 aromatic heterocycles. The third-order valence-electron chi connectivity index (χ3n) is 3.19. The zero-order valence-electron chi connectivity index (χ0n) is 10.0. The predicted molar refractivity (Wildman–Crippen MR) is 78.1 cm³/mol. The van der Waals surface area contributed by atoms with Crippen molar-refractivity contribution in [1.29, 1.82) is 0 Å². The summed E-state index contributed by atoms with van der Waals surface area (Å²) in [5.74, 6) is 0.902. The van der Waals surface area contributed by atoms with Crippen LogP contribution in [0.1, 0.15) is 33.9 Å². The highest BCUT2D eigenvalue weighted by Crippen LogP contribution is 2.42. The molecule has 1 unspecified atom stereocenters. The van der Waals surface area contributed by atoms with Crippen LogP contribution in [0.4, 0.5) is 0 Å². The van der Waals surface area contributed by atoms with E-state index >= 15 is 0 Å². The van der Waals surface area contributed by atoms with Crippen molar-refractivity contribution in [2.75, 3.05) is 0 Å². The Balaban J connectivity index is 1.95. The molecule has 1 aliphatic heterocycles. The van der Waals surface area contributed by atoms with Crippen molar-refractivity contribution in [2.45, 2.75) is 25.5 Å². The molecule has 18 heavy (non-hydrogen) atoms. The molecule has 0 saturated heterocycles. The number of nitrogens with two attached hydrogens (primary N) is 1. The highest BCUT2D eigenvalue weighted by Gasteiger charge is 2.27. The van der Waals surface area contributed by atoms with Gasteiger partial charge in [-0.3, -0.25) is 0 Å². The Labute approximate surface area is 119 Å². The van der Waals surface area contributed by atoms with Gasteiger partial charge in [0.1, 0.15) is 11.9 Å². The van der Waals surface area contributed by atoms with Gasteiger partial charge < -0.3 is 10.5 Å². The summed E-state index contributed by atoms with van der Waals surface area (Å²) in [5.41, 5.74) is 7.34. The Hall–Kier alpha value is -0.840. The van der Waals surface area contributed by atoms with Crippen LogP contribution >= 0.6 is 27.3 Å². The minimum atomic E-state index is 0.0502. The Morgan fingerprint density at radius 3 is 2.89 bits per heavy atom. The van der Waals surface area contributed by atoms with E-state index in [1.54, 1.807) is 11.3 Å². The molecule has 2 aromatic rings. The lowest BCUT2D eigenvalue weighted by atomic mass is 9.97. The normalized spacial score (nSPS) is 22.4. The number of benzene rings is 1. The molecule has 3 rings (SSSR count). The van der Waals surface area contributed by atoms with E-state index < -0.39 is 0 Å². The van der Waals surface area contributed by atoms with Crippen LogP contribution in [0.15, 0.2) is 34.8 Å². The van der Waals surface area contributed by atoms with Crippen LogP contribution in [-0.4, -0.2) is 0 Å². The first kappa shape index (κ1) is 12.2. The van der Waals surface area contributed by atoms with Gasteiger partial charge in [0, 0.05) is 32.3 Å². The number of aryl methyl sites for hydroxylation is 1. The van der Waals surface area contributed by atoms with Gasteiger partial charge in [-0.25, -0.2) is 0 Å². The monoisotopic (exact) mass is 323 g/mol. The zero-order chi connectivity index (χ0) is 12.7. The fraction of sp³-hybridized carbons (Fsp3) is 0.286. The minimum absolute atomic E-state index is 0.0502. The largest absolute Gasteiger partial charge is 0.484 e. The number of rotatable bonds is 1. The van der Waals surface area contributed by atoms with E-state index in [0.29, 0.717) is 0 Å². The maximum Gasteiger partial charge on any atom is 0.135 e. The van der Waals surface area contributed by atoms with E-state index in [0.717, 1.165) is 22.2 Å². The van der Waals surface area contributed by atoms with E-state index in [4.69, 9.17) is 10.5 Å². The first-order chi connectivity index (χ1) is 8.63. The smallest absolute Gasteiger partial charge is 0.135 e. The third-order valence-corrected chi connectivity index (χ3v) is 4.78. The van der Waals surface area contributed by atoms with E-state index in [2.05, 4.69) is 35.0 Å². The number of hydrogen-bond donors (Lipinski definition) is 1. The number of fused-ring (bicyclic) bond motifs is 1. The van der Waals surface area contributed by atoms with Crippen molar-refractivity contribution < 1.29 is 4.74 Å². The predicted octanol–water partition coefficient (Wildman–Crippen LogP) is 4.34. The van der Waals surface area contributed by atoms with E-state index in [1.807, 2.05) is 18.2 Å². The highest BCUT2D eigenvalue weighted by atomic mass is 79.9. The van der Waals surface area contributed by atoms with Gasteiger partial charge in [-0.1, -0.05) is 22.0 Å². The zero-order valence-corrected chi connectivity index (χ0v) is 12.4. The van der Waals surface area contributed by atoms with Crippen LogP contribution in [0, 0.1) is 6.92 Å². The molecule has 2 atom stereocenters. The number of ether oxygens (including phenoxy) is 1. The van der Waals surface area contributed by atoms with Crippen molar-refractivity contribution in [3.63, 3.8) is 0 Å². The molecule has 4 heteroatoms. The minimum Gasteiger partial charge on any atom is -0.484 e.